The van der Waals surface area contributed by atoms with Crippen LogP contribution < -0.4 is 0 Å². The van der Waals surface area contributed by atoms with Crippen molar-refractivity contribution in [1.29, 1.82) is 0 Å². The Labute approximate surface area is 129 Å². The van der Waals surface area contributed by atoms with Crippen LogP contribution in [0.2, 0.25) is 0 Å². The van der Waals surface area contributed by atoms with Crippen molar-refractivity contribution in [1.82, 2.24) is 9.80 Å². The highest BCUT2D eigenvalue weighted by Crippen LogP contribution is 2.24. The van der Waals surface area contributed by atoms with Gasteiger partial charge in [0.2, 0.25) is 11.8 Å². The summed E-state index contributed by atoms with van der Waals surface area (Å²) in [5.74, 6) is 0.394. The van der Waals surface area contributed by atoms with Crippen LogP contribution >= 0.6 is 0 Å². The third-order valence-electron chi connectivity index (χ3n) is 4.00. The minimum atomic E-state index is -0.364. The molecule has 21 heavy (non-hydrogen) atoms. The number of amides is 2. The van der Waals surface area contributed by atoms with E-state index in [-0.39, 0.29) is 23.1 Å². The van der Waals surface area contributed by atoms with E-state index in [1.54, 1.807) is 0 Å². The summed E-state index contributed by atoms with van der Waals surface area (Å²) >= 11 is 0. The van der Waals surface area contributed by atoms with Gasteiger partial charge < -0.3 is 9.80 Å². The van der Waals surface area contributed by atoms with Gasteiger partial charge in [-0.1, -0.05) is 34.6 Å². The topological polar surface area (TPSA) is 40.6 Å². The SMILES string of the molecule is CCCN(CCC)C(=O)[C@H]1CCCN(C(=O)C(C)(C)C)C1. The van der Waals surface area contributed by atoms with Gasteiger partial charge in [-0.15, -0.1) is 0 Å². The van der Waals surface area contributed by atoms with Crippen LogP contribution in [0.15, 0.2) is 0 Å². The largest absolute Gasteiger partial charge is 0.342 e. The third-order valence-corrected chi connectivity index (χ3v) is 4.00. The molecular formula is C17H32N2O2. The van der Waals surface area contributed by atoms with Crippen LogP contribution in [-0.4, -0.2) is 47.8 Å². The molecule has 0 bridgehead atoms. The van der Waals surface area contributed by atoms with E-state index in [0.29, 0.717) is 6.54 Å². The first-order valence-electron chi connectivity index (χ1n) is 8.39. The van der Waals surface area contributed by atoms with Gasteiger partial charge in [-0.3, -0.25) is 9.59 Å². The lowest BCUT2D eigenvalue weighted by Crippen LogP contribution is -2.49. The van der Waals surface area contributed by atoms with E-state index in [1.807, 2.05) is 30.6 Å². The van der Waals surface area contributed by atoms with Crippen LogP contribution in [0.25, 0.3) is 0 Å². The molecule has 0 aliphatic carbocycles. The molecule has 1 rings (SSSR count). The van der Waals surface area contributed by atoms with Crippen LogP contribution in [-0.2, 0) is 9.59 Å². The zero-order valence-corrected chi connectivity index (χ0v) is 14.4. The summed E-state index contributed by atoms with van der Waals surface area (Å²) in [6.07, 6.45) is 3.83. The number of rotatable bonds is 5. The van der Waals surface area contributed by atoms with Crippen molar-refractivity contribution in [3.63, 3.8) is 0 Å². The number of carbonyl (C=O) groups excluding carboxylic acids is 2. The quantitative estimate of drug-likeness (QED) is 0.782. The van der Waals surface area contributed by atoms with E-state index in [2.05, 4.69) is 13.8 Å². The van der Waals surface area contributed by atoms with Crippen LogP contribution in [0.3, 0.4) is 0 Å². The fourth-order valence-corrected chi connectivity index (χ4v) is 2.97. The lowest BCUT2D eigenvalue weighted by molar-refractivity contribution is -0.145. The van der Waals surface area contributed by atoms with E-state index in [4.69, 9.17) is 0 Å². The Balaban J connectivity index is 2.70. The Bertz CT molecular complexity index is 354. The lowest BCUT2D eigenvalue weighted by Gasteiger charge is -2.37. The number of likely N-dealkylation sites (tertiary alicyclic amines) is 1. The van der Waals surface area contributed by atoms with Crippen molar-refractivity contribution in [3.05, 3.63) is 0 Å². The molecule has 122 valence electrons. The van der Waals surface area contributed by atoms with E-state index in [0.717, 1.165) is 45.3 Å². The Morgan fingerprint density at radius 2 is 1.71 bits per heavy atom. The molecule has 0 saturated carbocycles. The second-order valence-electron chi connectivity index (χ2n) is 7.17. The van der Waals surface area contributed by atoms with Crippen molar-refractivity contribution < 1.29 is 9.59 Å². The van der Waals surface area contributed by atoms with Crippen molar-refractivity contribution in [2.75, 3.05) is 26.2 Å². The molecule has 1 saturated heterocycles. The zero-order valence-electron chi connectivity index (χ0n) is 14.4. The minimum Gasteiger partial charge on any atom is -0.342 e. The van der Waals surface area contributed by atoms with Crippen LogP contribution in [0.1, 0.15) is 60.3 Å². The molecule has 1 aliphatic heterocycles. The molecule has 0 radical (unpaired) electrons. The summed E-state index contributed by atoms with van der Waals surface area (Å²) in [4.78, 5) is 29.0. The van der Waals surface area contributed by atoms with Crippen molar-refractivity contribution in [2.45, 2.75) is 60.3 Å². The minimum absolute atomic E-state index is 0.0110. The number of hydrogen-bond acceptors (Lipinski definition) is 2. The molecule has 0 aromatic carbocycles. The molecule has 1 heterocycles. The fraction of sp³-hybridized carbons (Fsp3) is 0.882. The van der Waals surface area contributed by atoms with E-state index in [1.165, 1.54) is 0 Å². The predicted molar refractivity (Wildman–Crippen MR) is 85.9 cm³/mol. The van der Waals surface area contributed by atoms with Crippen LogP contribution in [0.5, 0.6) is 0 Å². The maximum absolute atomic E-state index is 12.7. The second kappa shape index (κ2) is 7.81. The monoisotopic (exact) mass is 296 g/mol. The maximum atomic E-state index is 12.7. The Morgan fingerprint density at radius 3 is 2.19 bits per heavy atom. The average molecular weight is 296 g/mol. The van der Waals surface area contributed by atoms with Crippen LogP contribution in [0, 0.1) is 11.3 Å². The summed E-state index contributed by atoms with van der Waals surface area (Å²) in [5.41, 5.74) is -0.364. The van der Waals surface area contributed by atoms with Gasteiger partial charge in [-0.2, -0.15) is 0 Å². The highest BCUT2D eigenvalue weighted by Gasteiger charge is 2.34. The molecule has 4 heteroatoms. The predicted octanol–water partition coefficient (Wildman–Crippen LogP) is 2.92. The van der Waals surface area contributed by atoms with Crippen LogP contribution in [0.4, 0.5) is 0 Å². The van der Waals surface area contributed by atoms with Gasteiger partial charge in [0.25, 0.3) is 0 Å². The molecule has 4 nitrogen and oxygen atoms in total. The number of carbonyl (C=O) groups is 2. The molecule has 1 atom stereocenters. The second-order valence-corrected chi connectivity index (χ2v) is 7.17. The zero-order chi connectivity index (χ0) is 16.0. The number of piperidine rings is 1. The Hall–Kier alpha value is -1.06. The Morgan fingerprint density at radius 1 is 1.14 bits per heavy atom. The van der Waals surface area contributed by atoms with Gasteiger partial charge in [0, 0.05) is 31.6 Å². The molecule has 0 unspecified atom stereocenters. The maximum Gasteiger partial charge on any atom is 0.227 e. The molecular weight excluding hydrogens is 264 g/mol. The summed E-state index contributed by atoms with van der Waals surface area (Å²) in [5, 5.41) is 0. The van der Waals surface area contributed by atoms with Gasteiger partial charge in [0.15, 0.2) is 0 Å². The first-order chi connectivity index (χ1) is 9.81. The third kappa shape index (κ3) is 5.01. The summed E-state index contributed by atoms with van der Waals surface area (Å²) in [7, 11) is 0. The van der Waals surface area contributed by atoms with Gasteiger partial charge >= 0.3 is 0 Å². The summed E-state index contributed by atoms with van der Waals surface area (Å²) in [6.45, 7) is 13.1. The van der Waals surface area contributed by atoms with E-state index < -0.39 is 0 Å². The first kappa shape index (κ1) is 18.0. The van der Waals surface area contributed by atoms with Crippen molar-refractivity contribution in [3.8, 4) is 0 Å². The first-order valence-corrected chi connectivity index (χ1v) is 8.39. The van der Waals surface area contributed by atoms with E-state index >= 15 is 0 Å². The van der Waals surface area contributed by atoms with Crippen molar-refractivity contribution >= 4 is 11.8 Å². The fourth-order valence-electron chi connectivity index (χ4n) is 2.97. The highest BCUT2D eigenvalue weighted by molar-refractivity contribution is 5.84. The number of nitrogens with zero attached hydrogens (tertiary/aromatic N) is 2. The molecule has 0 spiro atoms. The molecule has 0 aromatic rings. The van der Waals surface area contributed by atoms with Crippen molar-refractivity contribution in [2.24, 2.45) is 11.3 Å². The molecule has 1 aliphatic rings. The highest BCUT2D eigenvalue weighted by atomic mass is 16.2. The summed E-state index contributed by atoms with van der Waals surface area (Å²) < 4.78 is 0. The molecule has 0 N–H and O–H groups in total. The van der Waals surface area contributed by atoms with Gasteiger partial charge in [0.1, 0.15) is 0 Å². The number of hydrogen-bond donors (Lipinski definition) is 0. The average Bonchev–Trinajstić information content (AvgIpc) is 2.44. The van der Waals surface area contributed by atoms with Gasteiger partial charge in [-0.05, 0) is 25.7 Å². The van der Waals surface area contributed by atoms with Gasteiger partial charge in [-0.25, -0.2) is 0 Å². The van der Waals surface area contributed by atoms with Gasteiger partial charge in [0.05, 0.1) is 5.92 Å². The van der Waals surface area contributed by atoms with E-state index in [9.17, 15) is 9.59 Å². The normalized spacial score (nSPS) is 19.5. The smallest absolute Gasteiger partial charge is 0.227 e. The summed E-state index contributed by atoms with van der Waals surface area (Å²) in [6, 6.07) is 0. The molecule has 0 aromatic heterocycles. The standard InChI is InChI=1S/C17H32N2O2/c1-6-10-18(11-7-2)15(20)14-9-8-12-19(13-14)16(21)17(3,4)5/h14H,6-13H2,1-5H3/t14-/m0/s1. The lowest BCUT2D eigenvalue weighted by atomic mass is 9.90. The molecule has 1 fully saturated rings. The molecule has 2 amide bonds. The Kier molecular flexibility index (Phi) is 6.69.